The number of ketones is 1. The van der Waals surface area contributed by atoms with Gasteiger partial charge in [-0.05, 0) is 30.3 Å². The van der Waals surface area contributed by atoms with Crippen LogP contribution in [0, 0.1) is 29.1 Å². The molecule has 0 saturated heterocycles. The van der Waals surface area contributed by atoms with Crippen molar-refractivity contribution >= 4 is 17.4 Å². The second-order valence-electron chi connectivity index (χ2n) is 8.76. The molecule has 2 aliphatic rings. The van der Waals surface area contributed by atoms with Crippen molar-refractivity contribution < 1.29 is 51.2 Å². The van der Waals surface area contributed by atoms with Crippen LogP contribution in [0.3, 0.4) is 0 Å². The number of hydrogen-bond acceptors (Lipinski definition) is 7. The molecule has 4 aromatic carbocycles. The van der Waals surface area contributed by atoms with Gasteiger partial charge in [-0.25, -0.2) is 26.7 Å². The summed E-state index contributed by atoms with van der Waals surface area (Å²) in [7, 11) is 0. The highest BCUT2D eigenvalue weighted by Crippen LogP contribution is 2.58. The molecule has 6 rings (SSSR count). The van der Waals surface area contributed by atoms with Gasteiger partial charge in [0, 0.05) is 34.4 Å². The van der Waals surface area contributed by atoms with Crippen molar-refractivity contribution in [3.8, 4) is 23.0 Å². The van der Waals surface area contributed by atoms with Gasteiger partial charge in [-0.1, -0.05) is 6.07 Å². The smallest absolute Gasteiger partial charge is 0.342 e. The molecule has 0 unspecified atom stereocenters. The lowest BCUT2D eigenvalue weighted by Crippen LogP contribution is -2.33. The summed E-state index contributed by atoms with van der Waals surface area (Å²) in [5.41, 5.74) is 1.37. The lowest BCUT2D eigenvalue weighted by Gasteiger charge is -2.36. The second-order valence-corrected chi connectivity index (χ2v) is 8.76. The predicted octanol–water partition coefficient (Wildman–Crippen LogP) is 5.17. The number of halogens is 5. The maximum absolute atomic E-state index is 14.4. The molecule has 7 nitrogen and oxygen atoms in total. The van der Waals surface area contributed by atoms with E-state index in [9.17, 15) is 41.8 Å². The largest absolute Gasteiger partial charge is 0.508 e. The minimum absolute atomic E-state index is 0.0499. The van der Waals surface area contributed by atoms with Gasteiger partial charge in [0.2, 0.25) is 11.6 Å². The molecule has 2 heterocycles. The van der Waals surface area contributed by atoms with Gasteiger partial charge in [0.1, 0.15) is 28.6 Å². The minimum Gasteiger partial charge on any atom is -0.508 e. The van der Waals surface area contributed by atoms with E-state index in [0.717, 1.165) is 6.07 Å². The van der Waals surface area contributed by atoms with E-state index in [2.05, 4.69) is 0 Å². The van der Waals surface area contributed by atoms with E-state index in [1.165, 1.54) is 42.5 Å². The maximum atomic E-state index is 14.4. The highest BCUT2D eigenvalue weighted by atomic mass is 19.2. The Bertz CT molecular complexity index is 1720. The summed E-state index contributed by atoms with van der Waals surface area (Å²) in [6, 6.07) is 10.0. The van der Waals surface area contributed by atoms with Gasteiger partial charge in [-0.2, -0.15) is 0 Å². The number of hydrogen-bond donors (Lipinski definition) is 3. The van der Waals surface area contributed by atoms with Crippen LogP contribution in [0.1, 0.15) is 43.0 Å². The average molecular weight is 541 g/mol. The third kappa shape index (κ3) is 3.08. The Hall–Kier alpha value is -5.13. The number of carbonyl (C=O) groups excluding carboxylic acids is 2. The standard InChI is InChI=1S/C27H12F5NO6/c28-19-18(20(29)22(31)23(32)21(19)30)25(36)11-3-6-14-17(24(11)33)26(37)39-27(14)12-4-1-9(34)7-15(12)38-16-8-10(35)2-5-13(16)27/h1-8,34-35H,33H2. The summed E-state index contributed by atoms with van der Waals surface area (Å²) in [6.07, 6.45) is 0. The first kappa shape index (κ1) is 24.2. The van der Waals surface area contributed by atoms with E-state index in [4.69, 9.17) is 15.2 Å². The molecule has 0 bridgehead atoms. The van der Waals surface area contributed by atoms with Crippen LogP contribution in [0.2, 0.25) is 0 Å². The van der Waals surface area contributed by atoms with Crippen molar-refractivity contribution in [3.63, 3.8) is 0 Å². The fourth-order valence-electron chi connectivity index (χ4n) is 4.95. The maximum Gasteiger partial charge on any atom is 0.342 e. The molecule has 0 aromatic heterocycles. The zero-order valence-corrected chi connectivity index (χ0v) is 19.1. The number of nitrogens with two attached hydrogens (primary N) is 1. The molecule has 0 atom stereocenters. The molecule has 12 heteroatoms. The SMILES string of the molecule is Nc1c(C(=O)c2c(F)c(F)c(F)c(F)c2F)ccc2c1C(=O)OC21c2ccc(O)cc2Oc2cc(O)ccc21. The van der Waals surface area contributed by atoms with E-state index in [1.807, 2.05) is 0 Å². The number of phenolic OH excluding ortho intramolecular Hbond substituents is 2. The summed E-state index contributed by atoms with van der Waals surface area (Å²) in [4.78, 5) is 26.3. The molecule has 1 spiro atoms. The van der Waals surface area contributed by atoms with Crippen molar-refractivity contribution in [1.82, 2.24) is 0 Å². The molecule has 0 saturated carbocycles. The zero-order chi connectivity index (χ0) is 28.0. The molecule has 2 aliphatic heterocycles. The normalized spacial score (nSPS) is 14.3. The number of ether oxygens (including phenoxy) is 2. The summed E-state index contributed by atoms with van der Waals surface area (Å²) < 4.78 is 81.4. The Balaban J connectivity index is 1.60. The first-order valence-corrected chi connectivity index (χ1v) is 11.0. The van der Waals surface area contributed by atoms with Gasteiger partial charge in [0.25, 0.3) is 0 Å². The number of benzene rings is 4. The van der Waals surface area contributed by atoms with Gasteiger partial charge in [-0.3, -0.25) is 4.79 Å². The van der Waals surface area contributed by atoms with Crippen LogP contribution >= 0.6 is 0 Å². The molecule has 0 amide bonds. The number of aromatic hydroxyl groups is 2. The van der Waals surface area contributed by atoms with Crippen molar-refractivity contribution in [2.24, 2.45) is 0 Å². The molecule has 196 valence electrons. The Kier molecular flexibility index (Phi) is 4.93. The number of anilines is 1. The van der Waals surface area contributed by atoms with Crippen LogP contribution in [0.15, 0.2) is 48.5 Å². The van der Waals surface area contributed by atoms with E-state index in [1.54, 1.807) is 0 Å². The van der Waals surface area contributed by atoms with Crippen molar-refractivity contribution in [1.29, 1.82) is 0 Å². The van der Waals surface area contributed by atoms with Gasteiger partial charge in [-0.15, -0.1) is 0 Å². The van der Waals surface area contributed by atoms with Crippen molar-refractivity contribution in [3.05, 3.63) is 111 Å². The first-order chi connectivity index (χ1) is 18.5. The predicted molar refractivity (Wildman–Crippen MR) is 122 cm³/mol. The monoisotopic (exact) mass is 541 g/mol. The van der Waals surface area contributed by atoms with Gasteiger partial charge < -0.3 is 25.4 Å². The number of esters is 1. The average Bonchev–Trinajstić information content (AvgIpc) is 3.19. The molecular weight excluding hydrogens is 529 g/mol. The van der Waals surface area contributed by atoms with Gasteiger partial charge in [0.15, 0.2) is 28.9 Å². The van der Waals surface area contributed by atoms with Gasteiger partial charge in [0.05, 0.1) is 11.3 Å². The van der Waals surface area contributed by atoms with E-state index < -0.39 is 68.8 Å². The Labute approximate surface area is 214 Å². The Morgan fingerprint density at radius 1 is 0.744 bits per heavy atom. The molecule has 4 N–H and O–H groups in total. The fourth-order valence-corrected chi connectivity index (χ4v) is 4.95. The van der Waals surface area contributed by atoms with Crippen molar-refractivity contribution in [2.45, 2.75) is 5.60 Å². The lowest BCUT2D eigenvalue weighted by atomic mass is 9.77. The summed E-state index contributed by atoms with van der Waals surface area (Å²) in [5.74, 6) is -14.8. The Morgan fingerprint density at radius 2 is 1.23 bits per heavy atom. The Morgan fingerprint density at radius 3 is 1.77 bits per heavy atom. The van der Waals surface area contributed by atoms with E-state index in [0.29, 0.717) is 0 Å². The molecule has 0 aliphatic carbocycles. The summed E-state index contributed by atoms with van der Waals surface area (Å²) in [5, 5.41) is 20.0. The number of phenols is 2. The number of fused-ring (bicyclic) bond motifs is 6. The molecular formula is C27H12F5NO6. The topological polar surface area (TPSA) is 119 Å². The van der Waals surface area contributed by atoms with Crippen LogP contribution in [-0.4, -0.2) is 22.0 Å². The number of rotatable bonds is 2. The molecule has 39 heavy (non-hydrogen) atoms. The van der Waals surface area contributed by atoms with Crippen LogP contribution < -0.4 is 10.5 Å². The van der Waals surface area contributed by atoms with Crippen molar-refractivity contribution in [2.75, 3.05) is 5.73 Å². The van der Waals surface area contributed by atoms with Crippen LogP contribution in [-0.2, 0) is 10.3 Å². The zero-order valence-electron chi connectivity index (χ0n) is 19.1. The van der Waals surface area contributed by atoms with Gasteiger partial charge >= 0.3 is 5.97 Å². The molecule has 4 aromatic rings. The fraction of sp³-hybridized carbons (Fsp3) is 0.0370. The lowest BCUT2D eigenvalue weighted by molar-refractivity contribution is 0.0224. The minimum atomic E-state index is -2.44. The molecule has 0 radical (unpaired) electrons. The summed E-state index contributed by atoms with van der Waals surface area (Å²) >= 11 is 0. The quantitative estimate of drug-likeness (QED) is 0.0800. The first-order valence-electron chi connectivity index (χ1n) is 11.0. The molecule has 0 fully saturated rings. The van der Waals surface area contributed by atoms with E-state index >= 15 is 0 Å². The highest BCUT2D eigenvalue weighted by molar-refractivity contribution is 6.16. The van der Waals surface area contributed by atoms with Crippen LogP contribution in [0.5, 0.6) is 23.0 Å². The number of carbonyl (C=O) groups is 2. The number of nitrogen functional groups attached to an aromatic ring is 1. The summed E-state index contributed by atoms with van der Waals surface area (Å²) in [6.45, 7) is 0. The van der Waals surface area contributed by atoms with E-state index in [-0.39, 0.29) is 39.7 Å². The van der Waals surface area contributed by atoms with Crippen LogP contribution in [0.4, 0.5) is 27.6 Å². The third-order valence-electron chi connectivity index (χ3n) is 6.67. The van der Waals surface area contributed by atoms with Crippen LogP contribution in [0.25, 0.3) is 0 Å². The second kappa shape index (κ2) is 7.93. The third-order valence-corrected chi connectivity index (χ3v) is 6.67. The highest BCUT2D eigenvalue weighted by Gasteiger charge is 2.54.